The first kappa shape index (κ1) is 20.7. The maximum atomic E-state index is 12.9. The lowest BCUT2D eigenvalue weighted by Crippen LogP contribution is -2.47. The van der Waals surface area contributed by atoms with Gasteiger partial charge in [0.25, 0.3) is 0 Å². The Labute approximate surface area is 162 Å². The molecule has 0 aliphatic carbocycles. The van der Waals surface area contributed by atoms with Crippen LogP contribution >= 0.6 is 12.4 Å². The van der Waals surface area contributed by atoms with Crippen LogP contribution in [0.25, 0.3) is 0 Å². The Bertz CT molecular complexity index is 623. The molecule has 2 amide bonds. The second kappa shape index (κ2) is 8.87. The summed E-state index contributed by atoms with van der Waals surface area (Å²) in [4.78, 5) is 29.2. The Kier molecular flexibility index (Phi) is 7.07. The highest BCUT2D eigenvalue weighted by molar-refractivity contribution is 5.89. The zero-order valence-electron chi connectivity index (χ0n) is 15.6. The molecule has 2 N–H and O–H groups in total. The Morgan fingerprint density at radius 2 is 1.88 bits per heavy atom. The summed E-state index contributed by atoms with van der Waals surface area (Å²) < 4.78 is 0. The molecule has 0 spiro atoms. The number of piperidine rings is 1. The van der Waals surface area contributed by atoms with E-state index in [-0.39, 0.29) is 42.2 Å². The van der Waals surface area contributed by atoms with Gasteiger partial charge in [-0.05, 0) is 38.2 Å². The van der Waals surface area contributed by atoms with Gasteiger partial charge in [0.2, 0.25) is 11.8 Å². The third-order valence-electron chi connectivity index (χ3n) is 5.77. The van der Waals surface area contributed by atoms with Crippen molar-refractivity contribution in [2.24, 2.45) is 17.6 Å². The third-order valence-corrected chi connectivity index (χ3v) is 5.77. The van der Waals surface area contributed by atoms with Gasteiger partial charge in [-0.2, -0.15) is 0 Å². The third kappa shape index (κ3) is 4.38. The number of nitrogens with two attached hydrogens (primary N) is 1. The molecule has 6 heteroatoms. The molecule has 4 unspecified atom stereocenters. The van der Waals surface area contributed by atoms with Gasteiger partial charge in [0, 0.05) is 32.1 Å². The summed E-state index contributed by atoms with van der Waals surface area (Å²) in [6.45, 7) is 6.09. The van der Waals surface area contributed by atoms with Gasteiger partial charge in [0.1, 0.15) is 0 Å². The molecule has 4 atom stereocenters. The smallest absolute Gasteiger partial charge is 0.228 e. The fourth-order valence-corrected chi connectivity index (χ4v) is 4.08. The number of carbonyl (C=O) groups is 2. The molecular formula is C20H30ClN3O2. The molecule has 0 saturated carbocycles. The maximum Gasteiger partial charge on any atom is 0.228 e. The second-order valence-electron chi connectivity index (χ2n) is 7.58. The van der Waals surface area contributed by atoms with E-state index in [1.807, 2.05) is 54.0 Å². The number of likely N-dealkylation sites (tertiary alicyclic amines) is 2. The number of hydrogen-bond acceptors (Lipinski definition) is 3. The molecule has 0 aromatic heterocycles. The normalized spacial score (nSPS) is 25.6. The van der Waals surface area contributed by atoms with Crippen molar-refractivity contribution in [1.29, 1.82) is 0 Å². The molecule has 2 saturated heterocycles. The summed E-state index contributed by atoms with van der Waals surface area (Å²) in [5.74, 6) is 0.358. The number of nitrogens with zero attached hydrogens (tertiary/aromatic N) is 2. The first-order valence-electron chi connectivity index (χ1n) is 9.36. The number of benzene rings is 1. The van der Waals surface area contributed by atoms with Gasteiger partial charge >= 0.3 is 0 Å². The van der Waals surface area contributed by atoms with Crippen LogP contribution in [0.4, 0.5) is 0 Å². The van der Waals surface area contributed by atoms with Gasteiger partial charge in [-0.1, -0.05) is 30.3 Å². The van der Waals surface area contributed by atoms with Crippen LogP contribution in [0.1, 0.15) is 44.7 Å². The standard InChI is InChI=1S/C20H29N3O2.ClH/c1-14(21)17-9-6-10-22(12-17)20(25)18-11-19(24)23(13-18)15(2)16-7-4-3-5-8-16;/h3-5,7-8,14-15,17-18H,6,9-13,21H2,1-2H3;1H. The van der Waals surface area contributed by atoms with Crippen molar-refractivity contribution in [3.8, 4) is 0 Å². The van der Waals surface area contributed by atoms with E-state index in [2.05, 4.69) is 0 Å². The van der Waals surface area contributed by atoms with Crippen molar-refractivity contribution in [3.05, 3.63) is 35.9 Å². The van der Waals surface area contributed by atoms with Crippen LogP contribution in [-0.4, -0.2) is 47.3 Å². The topological polar surface area (TPSA) is 66.6 Å². The molecular weight excluding hydrogens is 350 g/mol. The molecule has 0 radical (unpaired) electrons. The Hall–Kier alpha value is -1.59. The van der Waals surface area contributed by atoms with E-state index in [0.29, 0.717) is 18.9 Å². The molecule has 1 aromatic rings. The van der Waals surface area contributed by atoms with Crippen LogP contribution in [0.2, 0.25) is 0 Å². The summed E-state index contributed by atoms with van der Waals surface area (Å²) in [5, 5.41) is 0. The van der Waals surface area contributed by atoms with E-state index in [0.717, 1.165) is 31.5 Å². The molecule has 1 aromatic carbocycles. The van der Waals surface area contributed by atoms with E-state index in [1.54, 1.807) is 0 Å². The highest BCUT2D eigenvalue weighted by atomic mass is 35.5. The molecule has 3 rings (SSSR count). The Morgan fingerprint density at radius 1 is 1.19 bits per heavy atom. The fourth-order valence-electron chi connectivity index (χ4n) is 4.08. The van der Waals surface area contributed by atoms with E-state index in [9.17, 15) is 9.59 Å². The van der Waals surface area contributed by atoms with Gasteiger partial charge in [0.05, 0.1) is 12.0 Å². The highest BCUT2D eigenvalue weighted by Crippen LogP contribution is 2.30. The van der Waals surface area contributed by atoms with Gasteiger partial charge in [-0.3, -0.25) is 9.59 Å². The maximum absolute atomic E-state index is 12.9. The van der Waals surface area contributed by atoms with Crippen LogP contribution < -0.4 is 5.73 Å². The minimum Gasteiger partial charge on any atom is -0.342 e. The molecule has 26 heavy (non-hydrogen) atoms. The first-order chi connectivity index (χ1) is 12.0. The van der Waals surface area contributed by atoms with Gasteiger partial charge in [-0.25, -0.2) is 0 Å². The van der Waals surface area contributed by atoms with Gasteiger partial charge < -0.3 is 15.5 Å². The van der Waals surface area contributed by atoms with Crippen molar-refractivity contribution < 1.29 is 9.59 Å². The highest BCUT2D eigenvalue weighted by Gasteiger charge is 2.39. The van der Waals surface area contributed by atoms with Crippen molar-refractivity contribution >= 4 is 24.2 Å². The predicted octanol–water partition coefficient (Wildman–Crippen LogP) is 2.60. The zero-order chi connectivity index (χ0) is 18.0. The fraction of sp³-hybridized carbons (Fsp3) is 0.600. The summed E-state index contributed by atoms with van der Waals surface area (Å²) in [6, 6.07) is 10.1. The molecule has 0 bridgehead atoms. The SMILES string of the molecule is CC(N)C1CCCN(C(=O)C2CC(=O)N(C(C)c3ccccc3)C2)C1.Cl. The predicted molar refractivity (Wildman–Crippen MR) is 105 cm³/mol. The minimum absolute atomic E-state index is 0. The largest absolute Gasteiger partial charge is 0.342 e. The lowest BCUT2D eigenvalue weighted by Gasteiger charge is -2.36. The van der Waals surface area contributed by atoms with Gasteiger partial charge in [-0.15, -0.1) is 12.4 Å². The molecule has 144 valence electrons. The molecule has 2 heterocycles. The molecule has 5 nitrogen and oxygen atoms in total. The number of rotatable bonds is 4. The number of carbonyl (C=O) groups excluding carboxylic acids is 2. The lowest BCUT2D eigenvalue weighted by atomic mass is 9.91. The first-order valence-corrected chi connectivity index (χ1v) is 9.36. The number of amides is 2. The second-order valence-corrected chi connectivity index (χ2v) is 7.58. The van der Waals surface area contributed by atoms with Crippen LogP contribution in [0.3, 0.4) is 0 Å². The van der Waals surface area contributed by atoms with Crippen molar-refractivity contribution in [2.45, 2.75) is 45.2 Å². The van der Waals surface area contributed by atoms with Crippen LogP contribution in [0.5, 0.6) is 0 Å². The van der Waals surface area contributed by atoms with Crippen molar-refractivity contribution in [2.75, 3.05) is 19.6 Å². The molecule has 2 fully saturated rings. The van der Waals surface area contributed by atoms with Crippen LogP contribution in [-0.2, 0) is 9.59 Å². The quantitative estimate of drug-likeness (QED) is 0.874. The van der Waals surface area contributed by atoms with E-state index >= 15 is 0 Å². The average Bonchev–Trinajstić information content (AvgIpc) is 3.03. The van der Waals surface area contributed by atoms with Crippen LogP contribution in [0.15, 0.2) is 30.3 Å². The van der Waals surface area contributed by atoms with E-state index < -0.39 is 0 Å². The summed E-state index contributed by atoms with van der Waals surface area (Å²) in [6.07, 6.45) is 2.42. The zero-order valence-corrected chi connectivity index (χ0v) is 16.5. The van der Waals surface area contributed by atoms with Crippen LogP contribution in [0, 0.1) is 11.8 Å². The van der Waals surface area contributed by atoms with Crippen molar-refractivity contribution in [1.82, 2.24) is 9.80 Å². The van der Waals surface area contributed by atoms with E-state index in [4.69, 9.17) is 5.73 Å². The monoisotopic (exact) mass is 379 g/mol. The lowest BCUT2D eigenvalue weighted by molar-refractivity contribution is -0.137. The molecule has 2 aliphatic rings. The molecule has 2 aliphatic heterocycles. The summed E-state index contributed by atoms with van der Waals surface area (Å²) in [5.41, 5.74) is 7.14. The minimum atomic E-state index is -0.217. The number of halogens is 1. The Balaban J connectivity index is 0.00000243. The number of hydrogen-bond donors (Lipinski definition) is 1. The summed E-state index contributed by atoms with van der Waals surface area (Å²) >= 11 is 0. The summed E-state index contributed by atoms with van der Waals surface area (Å²) in [7, 11) is 0. The Morgan fingerprint density at radius 3 is 2.54 bits per heavy atom. The average molecular weight is 380 g/mol. The van der Waals surface area contributed by atoms with E-state index in [1.165, 1.54) is 0 Å². The van der Waals surface area contributed by atoms with Crippen molar-refractivity contribution in [3.63, 3.8) is 0 Å². The van der Waals surface area contributed by atoms with Gasteiger partial charge in [0.15, 0.2) is 0 Å².